The summed E-state index contributed by atoms with van der Waals surface area (Å²) in [6.07, 6.45) is 0. The fourth-order valence-electron chi connectivity index (χ4n) is 10.3. The molecule has 0 atom stereocenters. The van der Waals surface area contributed by atoms with E-state index < -0.39 is 0 Å². The van der Waals surface area contributed by atoms with Gasteiger partial charge in [-0.3, -0.25) is 0 Å². The van der Waals surface area contributed by atoms with Gasteiger partial charge in [-0.05, 0) is 59.7 Å². The van der Waals surface area contributed by atoms with Crippen LogP contribution in [0, 0.1) is 6.57 Å². The lowest BCUT2D eigenvalue weighted by atomic mass is 9.89. The van der Waals surface area contributed by atoms with E-state index in [1.807, 2.05) is 24.3 Å². The summed E-state index contributed by atoms with van der Waals surface area (Å²) in [5.41, 5.74) is 16.0. The molecule has 0 bridgehead atoms. The van der Waals surface area contributed by atoms with Crippen molar-refractivity contribution in [2.45, 2.75) is 0 Å². The second-order valence-corrected chi connectivity index (χ2v) is 15.5. The van der Waals surface area contributed by atoms with Crippen LogP contribution in [0.15, 0.2) is 194 Å². The van der Waals surface area contributed by atoms with Gasteiger partial charge in [0.15, 0.2) is 5.69 Å². The zero-order chi connectivity index (χ0) is 38.8. The number of nitrogens with zero attached hydrogens (tertiary/aromatic N) is 4. The molecule has 0 radical (unpaired) electrons. The average molecular weight is 749 g/mol. The van der Waals surface area contributed by atoms with Gasteiger partial charge in [-0.2, -0.15) is 0 Å². The van der Waals surface area contributed by atoms with Crippen LogP contribution < -0.4 is 4.90 Å². The van der Waals surface area contributed by atoms with Crippen molar-refractivity contribution >= 4 is 98.9 Å². The lowest BCUT2D eigenvalue weighted by Crippen LogP contribution is -2.09. The lowest BCUT2D eigenvalue weighted by molar-refractivity contribution is 1.29. The highest BCUT2D eigenvalue weighted by atomic mass is 15.1. The molecule has 13 rings (SSSR count). The first-order valence-corrected chi connectivity index (χ1v) is 20.1. The first-order valence-electron chi connectivity index (χ1n) is 20.1. The van der Waals surface area contributed by atoms with Crippen molar-refractivity contribution in [2.24, 2.45) is 0 Å². The van der Waals surface area contributed by atoms with Crippen molar-refractivity contribution in [1.29, 1.82) is 0 Å². The molecule has 0 amide bonds. The van der Waals surface area contributed by atoms with E-state index in [0.29, 0.717) is 5.69 Å². The second kappa shape index (κ2) is 11.9. The van der Waals surface area contributed by atoms with E-state index in [1.165, 1.54) is 98.4 Å². The van der Waals surface area contributed by atoms with E-state index in [0.717, 1.165) is 17.1 Å². The first-order chi connectivity index (χ1) is 29.3. The minimum absolute atomic E-state index is 0.626. The number of hydrogen-bond acceptors (Lipinski definition) is 1. The normalized spacial score (nSPS) is 12.1. The second-order valence-electron chi connectivity index (χ2n) is 15.5. The Bertz CT molecular complexity index is 3820. The third kappa shape index (κ3) is 4.26. The Hall–Kier alpha value is -8.13. The molecule has 9 aromatic carbocycles. The van der Waals surface area contributed by atoms with E-state index in [2.05, 4.69) is 188 Å². The Morgan fingerprint density at radius 1 is 0.356 bits per heavy atom. The van der Waals surface area contributed by atoms with Crippen molar-refractivity contribution in [3.63, 3.8) is 0 Å². The van der Waals surface area contributed by atoms with Gasteiger partial charge in [-0.15, -0.1) is 0 Å². The van der Waals surface area contributed by atoms with Crippen LogP contribution in [0.1, 0.15) is 0 Å². The van der Waals surface area contributed by atoms with Gasteiger partial charge in [0.05, 0.1) is 39.7 Å². The summed E-state index contributed by atoms with van der Waals surface area (Å²) in [6, 6.07) is 70.0. The molecule has 4 heteroatoms. The van der Waals surface area contributed by atoms with E-state index in [1.54, 1.807) is 0 Å². The summed E-state index contributed by atoms with van der Waals surface area (Å²) >= 11 is 0. The number of hydrogen-bond donors (Lipinski definition) is 0. The third-order valence-electron chi connectivity index (χ3n) is 12.5. The van der Waals surface area contributed by atoms with Gasteiger partial charge in [0.2, 0.25) is 0 Å². The molecular weight excluding hydrogens is 717 g/mol. The van der Waals surface area contributed by atoms with E-state index >= 15 is 0 Å². The molecular formula is C55H32N4. The highest BCUT2D eigenvalue weighted by Gasteiger charge is 2.30. The Kier molecular flexibility index (Phi) is 6.48. The van der Waals surface area contributed by atoms with Gasteiger partial charge in [0, 0.05) is 71.3 Å². The van der Waals surface area contributed by atoms with Crippen molar-refractivity contribution < 1.29 is 0 Å². The van der Waals surface area contributed by atoms with Crippen LogP contribution in [0.5, 0.6) is 0 Å². The van der Waals surface area contributed by atoms with Crippen molar-refractivity contribution in [3.05, 3.63) is 206 Å². The topological polar surface area (TPSA) is 16.4 Å². The van der Waals surface area contributed by atoms with Gasteiger partial charge in [0.25, 0.3) is 0 Å². The number of anilines is 3. The highest BCUT2D eigenvalue weighted by Crippen LogP contribution is 2.54. The summed E-state index contributed by atoms with van der Waals surface area (Å²) in [5, 5.41) is 10.0. The third-order valence-corrected chi connectivity index (χ3v) is 12.5. The van der Waals surface area contributed by atoms with Gasteiger partial charge in [0.1, 0.15) is 0 Å². The smallest absolute Gasteiger partial charge is 0.187 e. The van der Waals surface area contributed by atoms with Gasteiger partial charge < -0.3 is 13.7 Å². The molecule has 59 heavy (non-hydrogen) atoms. The molecule has 4 heterocycles. The molecule has 0 aliphatic heterocycles. The van der Waals surface area contributed by atoms with Crippen LogP contribution >= 0.6 is 0 Å². The number of benzene rings is 9. The maximum absolute atomic E-state index is 7.56. The van der Waals surface area contributed by atoms with Gasteiger partial charge in [-0.1, -0.05) is 146 Å². The Labute approximate surface area is 339 Å². The van der Waals surface area contributed by atoms with Crippen LogP contribution in [0.4, 0.5) is 22.7 Å². The molecule has 0 unspecified atom stereocenters. The number of fused-ring (bicyclic) bond motifs is 12. The summed E-state index contributed by atoms with van der Waals surface area (Å²) < 4.78 is 5.13. The maximum Gasteiger partial charge on any atom is 0.187 e. The predicted molar refractivity (Wildman–Crippen MR) is 248 cm³/mol. The molecule has 4 nitrogen and oxygen atoms in total. The highest BCUT2D eigenvalue weighted by molar-refractivity contribution is 6.38. The van der Waals surface area contributed by atoms with E-state index in [-0.39, 0.29) is 0 Å². The molecule has 13 aromatic rings. The average Bonchev–Trinajstić information content (AvgIpc) is 4.04. The van der Waals surface area contributed by atoms with Crippen LogP contribution in [0.25, 0.3) is 103 Å². The molecule has 272 valence electrons. The fraction of sp³-hybridized carbons (Fsp3) is 0. The standard InChI is InChI=1S/C55H32N4/c1-56-36-27-29-38(30-28-36)57(37-19-9-4-10-20-37)39-31-32-47-45(33-39)42-23-14-25-44-51-48(34-15-5-2-6-16-34)54-50(49(35-17-7-3-8-18-35)55(51)59(47)53(42)44)43-24-13-22-41-40-21-11-12-26-46(40)58(54)52(41)43/h2-33H. The predicted octanol–water partition coefficient (Wildman–Crippen LogP) is 15.3. The molecule has 0 aliphatic carbocycles. The minimum Gasteiger partial charge on any atom is -0.311 e. The quantitative estimate of drug-likeness (QED) is 0.160. The molecule has 0 N–H and O–H groups in total. The molecule has 0 spiro atoms. The van der Waals surface area contributed by atoms with Crippen molar-refractivity contribution in [1.82, 2.24) is 8.80 Å². The van der Waals surface area contributed by atoms with Crippen LogP contribution in [0.3, 0.4) is 0 Å². The molecule has 4 aromatic heterocycles. The Balaban J connectivity index is 1.24. The SMILES string of the molecule is [C-]#[N+]c1ccc(N(c2ccccc2)c2ccc3c(c2)c2cccc4c5c(-c6ccccc6)c6c(c(-c7ccccc7)c5n3c24)c2cccc3c4ccccc4n6c32)cc1. The molecule has 0 aliphatic rings. The van der Waals surface area contributed by atoms with Gasteiger partial charge in [-0.25, -0.2) is 4.85 Å². The zero-order valence-electron chi connectivity index (χ0n) is 31.8. The van der Waals surface area contributed by atoms with Crippen LogP contribution in [-0.2, 0) is 0 Å². The Morgan fingerprint density at radius 3 is 1.41 bits per heavy atom. The minimum atomic E-state index is 0.626. The first kappa shape index (κ1) is 32.0. The maximum atomic E-state index is 7.56. The molecule has 0 fully saturated rings. The number of aromatic nitrogens is 2. The summed E-state index contributed by atoms with van der Waals surface area (Å²) in [5.74, 6) is 0. The van der Waals surface area contributed by atoms with E-state index in [4.69, 9.17) is 6.57 Å². The summed E-state index contributed by atoms with van der Waals surface area (Å²) in [4.78, 5) is 5.95. The molecule has 0 saturated heterocycles. The van der Waals surface area contributed by atoms with Crippen molar-refractivity contribution in [2.75, 3.05) is 4.90 Å². The largest absolute Gasteiger partial charge is 0.311 e. The Morgan fingerprint density at radius 2 is 0.814 bits per heavy atom. The zero-order valence-corrected chi connectivity index (χ0v) is 31.8. The van der Waals surface area contributed by atoms with Crippen LogP contribution in [0.2, 0.25) is 0 Å². The number of rotatable bonds is 5. The van der Waals surface area contributed by atoms with Crippen molar-refractivity contribution in [3.8, 4) is 22.3 Å². The van der Waals surface area contributed by atoms with E-state index in [9.17, 15) is 0 Å². The lowest BCUT2D eigenvalue weighted by Gasteiger charge is -2.25. The van der Waals surface area contributed by atoms with Gasteiger partial charge >= 0.3 is 0 Å². The fourth-order valence-corrected chi connectivity index (χ4v) is 10.3. The molecule has 0 saturated carbocycles. The monoisotopic (exact) mass is 748 g/mol. The summed E-state index contributed by atoms with van der Waals surface area (Å²) in [7, 11) is 0. The van der Waals surface area contributed by atoms with Crippen LogP contribution in [-0.4, -0.2) is 8.80 Å². The number of para-hydroxylation sites is 4. The summed E-state index contributed by atoms with van der Waals surface area (Å²) in [6.45, 7) is 7.56.